The SMILES string of the molecule is O=C(O)CCN1CCN(C(=O)NC2CCCCCC2)CC1. The van der Waals surface area contributed by atoms with Gasteiger partial charge in [-0.1, -0.05) is 25.7 Å². The lowest BCUT2D eigenvalue weighted by Crippen LogP contribution is -2.53. The molecule has 6 nitrogen and oxygen atoms in total. The summed E-state index contributed by atoms with van der Waals surface area (Å²) >= 11 is 0. The van der Waals surface area contributed by atoms with E-state index in [9.17, 15) is 9.59 Å². The van der Waals surface area contributed by atoms with E-state index in [-0.39, 0.29) is 12.5 Å². The Morgan fingerprint density at radius 1 is 1.00 bits per heavy atom. The van der Waals surface area contributed by atoms with Gasteiger partial charge in [-0.15, -0.1) is 0 Å². The van der Waals surface area contributed by atoms with Gasteiger partial charge in [0.15, 0.2) is 0 Å². The molecule has 1 saturated carbocycles. The minimum atomic E-state index is -0.761. The molecule has 0 spiro atoms. The third-order valence-corrected chi connectivity index (χ3v) is 4.48. The first-order valence-electron chi connectivity index (χ1n) is 8.15. The fraction of sp³-hybridized carbons (Fsp3) is 0.867. The van der Waals surface area contributed by atoms with Crippen molar-refractivity contribution in [1.29, 1.82) is 0 Å². The number of carbonyl (C=O) groups is 2. The minimum Gasteiger partial charge on any atom is -0.481 e. The van der Waals surface area contributed by atoms with Crippen molar-refractivity contribution in [1.82, 2.24) is 15.1 Å². The molecule has 0 aromatic rings. The molecule has 0 radical (unpaired) electrons. The quantitative estimate of drug-likeness (QED) is 0.772. The van der Waals surface area contributed by atoms with Crippen LogP contribution in [-0.2, 0) is 4.79 Å². The van der Waals surface area contributed by atoms with E-state index in [4.69, 9.17) is 5.11 Å². The number of piperazine rings is 1. The highest BCUT2D eigenvalue weighted by atomic mass is 16.4. The van der Waals surface area contributed by atoms with E-state index >= 15 is 0 Å². The lowest BCUT2D eigenvalue weighted by atomic mass is 10.1. The van der Waals surface area contributed by atoms with Gasteiger partial charge >= 0.3 is 12.0 Å². The summed E-state index contributed by atoms with van der Waals surface area (Å²) in [5.41, 5.74) is 0. The fourth-order valence-corrected chi connectivity index (χ4v) is 3.12. The second-order valence-electron chi connectivity index (χ2n) is 6.11. The molecule has 2 N–H and O–H groups in total. The smallest absolute Gasteiger partial charge is 0.317 e. The van der Waals surface area contributed by atoms with E-state index in [0.29, 0.717) is 25.7 Å². The maximum absolute atomic E-state index is 12.3. The summed E-state index contributed by atoms with van der Waals surface area (Å²) in [6.07, 6.45) is 7.38. The summed E-state index contributed by atoms with van der Waals surface area (Å²) < 4.78 is 0. The van der Waals surface area contributed by atoms with Crippen LogP contribution in [0.25, 0.3) is 0 Å². The van der Waals surface area contributed by atoms with Crippen molar-refractivity contribution in [3.63, 3.8) is 0 Å². The number of amides is 2. The maximum Gasteiger partial charge on any atom is 0.317 e. The first-order valence-corrected chi connectivity index (χ1v) is 8.15. The monoisotopic (exact) mass is 297 g/mol. The average molecular weight is 297 g/mol. The van der Waals surface area contributed by atoms with Crippen molar-refractivity contribution in [3.8, 4) is 0 Å². The number of nitrogens with zero attached hydrogens (tertiary/aromatic N) is 2. The van der Waals surface area contributed by atoms with Crippen LogP contribution in [0.4, 0.5) is 4.79 Å². The standard InChI is InChI=1S/C15H27N3O3/c19-14(20)7-8-17-9-11-18(12-10-17)15(21)16-13-5-3-1-2-4-6-13/h13H,1-12H2,(H,16,21)(H,19,20). The maximum atomic E-state index is 12.3. The van der Waals surface area contributed by atoms with E-state index in [1.165, 1.54) is 25.7 Å². The van der Waals surface area contributed by atoms with E-state index in [2.05, 4.69) is 10.2 Å². The molecule has 2 amide bonds. The van der Waals surface area contributed by atoms with E-state index in [0.717, 1.165) is 25.9 Å². The molecule has 2 rings (SSSR count). The number of nitrogens with one attached hydrogen (secondary N) is 1. The Balaban J connectivity index is 1.68. The van der Waals surface area contributed by atoms with Gasteiger partial charge in [-0.3, -0.25) is 9.69 Å². The first-order chi connectivity index (χ1) is 10.1. The Hall–Kier alpha value is -1.30. The first kappa shape index (κ1) is 16.1. The summed E-state index contributed by atoms with van der Waals surface area (Å²) in [7, 11) is 0. The van der Waals surface area contributed by atoms with Gasteiger partial charge in [-0.25, -0.2) is 4.79 Å². The zero-order valence-corrected chi connectivity index (χ0v) is 12.7. The number of carboxylic acid groups (broad SMARTS) is 1. The van der Waals surface area contributed by atoms with Crippen molar-refractivity contribution < 1.29 is 14.7 Å². The van der Waals surface area contributed by atoms with Crippen LogP contribution >= 0.6 is 0 Å². The number of hydrogen-bond acceptors (Lipinski definition) is 3. The third-order valence-electron chi connectivity index (χ3n) is 4.48. The second-order valence-corrected chi connectivity index (χ2v) is 6.11. The van der Waals surface area contributed by atoms with Crippen LogP contribution in [0.15, 0.2) is 0 Å². The summed E-state index contributed by atoms with van der Waals surface area (Å²) in [5, 5.41) is 11.9. The molecule has 0 unspecified atom stereocenters. The molecule has 1 saturated heterocycles. The van der Waals surface area contributed by atoms with Gasteiger partial charge in [0.05, 0.1) is 6.42 Å². The highest BCUT2D eigenvalue weighted by Crippen LogP contribution is 2.17. The predicted octanol–water partition coefficient (Wildman–Crippen LogP) is 1.51. The predicted molar refractivity (Wildman–Crippen MR) is 80.3 cm³/mol. The number of hydrogen-bond donors (Lipinski definition) is 2. The van der Waals surface area contributed by atoms with Gasteiger partial charge < -0.3 is 15.3 Å². The zero-order chi connectivity index (χ0) is 15.1. The van der Waals surface area contributed by atoms with Gasteiger partial charge in [0.2, 0.25) is 0 Å². The van der Waals surface area contributed by atoms with E-state index < -0.39 is 5.97 Å². The molecule has 1 heterocycles. The van der Waals surface area contributed by atoms with Crippen LogP contribution in [0.1, 0.15) is 44.9 Å². The topological polar surface area (TPSA) is 72.9 Å². The molecule has 1 aliphatic heterocycles. The van der Waals surface area contributed by atoms with Gasteiger partial charge in [0.25, 0.3) is 0 Å². The molecule has 1 aliphatic carbocycles. The van der Waals surface area contributed by atoms with Crippen molar-refractivity contribution in [2.24, 2.45) is 0 Å². The number of carbonyl (C=O) groups excluding carboxylic acids is 1. The number of carboxylic acids is 1. The molecule has 120 valence electrons. The van der Waals surface area contributed by atoms with Gasteiger partial charge in [-0.2, -0.15) is 0 Å². The molecule has 6 heteroatoms. The van der Waals surface area contributed by atoms with Crippen molar-refractivity contribution in [2.45, 2.75) is 51.0 Å². The molecule has 0 atom stereocenters. The van der Waals surface area contributed by atoms with Gasteiger partial charge in [0, 0.05) is 38.8 Å². The summed E-state index contributed by atoms with van der Waals surface area (Å²) in [6.45, 7) is 3.50. The van der Waals surface area contributed by atoms with E-state index in [1.807, 2.05) is 4.90 Å². The Labute approximate surface area is 126 Å². The molecular formula is C15H27N3O3. The van der Waals surface area contributed by atoms with Crippen molar-refractivity contribution in [2.75, 3.05) is 32.7 Å². The summed E-state index contributed by atoms with van der Waals surface area (Å²) in [4.78, 5) is 26.8. The highest BCUT2D eigenvalue weighted by Gasteiger charge is 2.23. The number of aliphatic carboxylic acids is 1. The summed E-state index contributed by atoms with van der Waals surface area (Å²) in [5.74, 6) is -0.761. The molecule has 0 bridgehead atoms. The van der Waals surface area contributed by atoms with E-state index in [1.54, 1.807) is 0 Å². The lowest BCUT2D eigenvalue weighted by molar-refractivity contribution is -0.137. The van der Waals surface area contributed by atoms with Crippen LogP contribution in [-0.4, -0.2) is 65.7 Å². The molecule has 0 aromatic heterocycles. The van der Waals surface area contributed by atoms with Gasteiger partial charge in [0.1, 0.15) is 0 Å². The Bertz CT molecular complexity index is 346. The normalized spacial score (nSPS) is 21.8. The second kappa shape index (κ2) is 8.22. The van der Waals surface area contributed by atoms with Crippen LogP contribution < -0.4 is 5.32 Å². The Morgan fingerprint density at radius 3 is 2.19 bits per heavy atom. The fourth-order valence-electron chi connectivity index (χ4n) is 3.12. The van der Waals surface area contributed by atoms with Crippen LogP contribution in [0.5, 0.6) is 0 Å². The number of rotatable bonds is 4. The molecule has 0 aromatic carbocycles. The van der Waals surface area contributed by atoms with Crippen LogP contribution in [0.2, 0.25) is 0 Å². The Kier molecular flexibility index (Phi) is 6.29. The highest BCUT2D eigenvalue weighted by molar-refractivity contribution is 5.74. The van der Waals surface area contributed by atoms with Crippen LogP contribution in [0.3, 0.4) is 0 Å². The van der Waals surface area contributed by atoms with Crippen molar-refractivity contribution >= 4 is 12.0 Å². The lowest BCUT2D eigenvalue weighted by Gasteiger charge is -2.35. The average Bonchev–Trinajstić information content (AvgIpc) is 2.74. The number of urea groups is 1. The van der Waals surface area contributed by atoms with Crippen LogP contribution in [0, 0.1) is 0 Å². The van der Waals surface area contributed by atoms with Gasteiger partial charge in [-0.05, 0) is 12.8 Å². The zero-order valence-electron chi connectivity index (χ0n) is 12.7. The molecule has 2 fully saturated rings. The van der Waals surface area contributed by atoms with Crippen molar-refractivity contribution in [3.05, 3.63) is 0 Å². The molecule has 2 aliphatic rings. The largest absolute Gasteiger partial charge is 0.481 e. The minimum absolute atomic E-state index is 0.0554. The molecular weight excluding hydrogens is 270 g/mol. The summed E-state index contributed by atoms with van der Waals surface area (Å²) in [6, 6.07) is 0.393. The third kappa shape index (κ3) is 5.53. The molecule has 21 heavy (non-hydrogen) atoms. The Morgan fingerprint density at radius 2 is 1.62 bits per heavy atom.